The summed E-state index contributed by atoms with van der Waals surface area (Å²) in [5.74, 6) is 0.287. The van der Waals surface area contributed by atoms with Crippen LogP contribution in [0.2, 0.25) is 0 Å². The number of rotatable bonds is 2. The van der Waals surface area contributed by atoms with E-state index in [1.54, 1.807) is 12.3 Å². The van der Waals surface area contributed by atoms with Crippen LogP contribution >= 0.6 is 0 Å². The fourth-order valence-corrected chi connectivity index (χ4v) is 1.61. The molecule has 0 aliphatic heterocycles. The third kappa shape index (κ3) is 2.15. The summed E-state index contributed by atoms with van der Waals surface area (Å²) >= 11 is 0. The molecule has 2 aromatic rings. The van der Waals surface area contributed by atoms with E-state index in [4.69, 9.17) is 5.73 Å². The Labute approximate surface area is 89.8 Å². The second kappa shape index (κ2) is 4.13. The van der Waals surface area contributed by atoms with Crippen LogP contribution in [0.25, 0.3) is 0 Å². The van der Waals surface area contributed by atoms with E-state index in [2.05, 4.69) is 24.0 Å². The van der Waals surface area contributed by atoms with Gasteiger partial charge in [-0.3, -0.25) is 4.98 Å². The Morgan fingerprint density at radius 3 is 2.53 bits per heavy atom. The normalized spacial score (nSPS) is 12.3. The van der Waals surface area contributed by atoms with Crippen molar-refractivity contribution in [2.24, 2.45) is 0 Å². The first-order valence-corrected chi connectivity index (χ1v) is 5.04. The molecule has 2 heteroatoms. The molecule has 0 spiro atoms. The van der Waals surface area contributed by atoms with Crippen molar-refractivity contribution in [3.63, 3.8) is 0 Å². The number of pyridine rings is 1. The minimum Gasteiger partial charge on any atom is -0.399 e. The van der Waals surface area contributed by atoms with Crippen LogP contribution in [-0.2, 0) is 0 Å². The van der Waals surface area contributed by atoms with E-state index in [0.29, 0.717) is 0 Å². The van der Waals surface area contributed by atoms with Gasteiger partial charge < -0.3 is 5.73 Å². The molecule has 2 nitrogen and oxygen atoms in total. The summed E-state index contributed by atoms with van der Waals surface area (Å²) in [6, 6.07) is 14.0. The van der Waals surface area contributed by atoms with Gasteiger partial charge >= 0.3 is 0 Å². The molecule has 0 aliphatic carbocycles. The van der Waals surface area contributed by atoms with Crippen molar-refractivity contribution < 1.29 is 0 Å². The maximum absolute atomic E-state index is 5.73. The van der Waals surface area contributed by atoms with E-state index in [9.17, 15) is 0 Å². The molecule has 76 valence electrons. The first-order valence-electron chi connectivity index (χ1n) is 5.04. The minimum absolute atomic E-state index is 0.287. The van der Waals surface area contributed by atoms with Gasteiger partial charge in [-0.15, -0.1) is 0 Å². The highest BCUT2D eigenvalue weighted by Gasteiger charge is 2.08. The number of aromatic nitrogens is 1. The summed E-state index contributed by atoms with van der Waals surface area (Å²) < 4.78 is 0. The van der Waals surface area contributed by atoms with Crippen molar-refractivity contribution in [1.29, 1.82) is 0 Å². The minimum atomic E-state index is 0.287. The van der Waals surface area contributed by atoms with Crippen LogP contribution in [0.1, 0.15) is 24.1 Å². The number of benzene rings is 1. The molecule has 2 rings (SSSR count). The summed E-state index contributed by atoms with van der Waals surface area (Å²) in [5, 5.41) is 0. The van der Waals surface area contributed by atoms with Crippen LogP contribution in [-0.4, -0.2) is 4.98 Å². The molecule has 1 atom stereocenters. The number of anilines is 1. The number of nitrogens with zero attached hydrogens (tertiary/aromatic N) is 1. The first-order chi connectivity index (χ1) is 7.27. The summed E-state index contributed by atoms with van der Waals surface area (Å²) in [7, 11) is 0. The average molecular weight is 198 g/mol. The van der Waals surface area contributed by atoms with Crippen molar-refractivity contribution in [2.75, 3.05) is 5.73 Å². The molecular weight excluding hydrogens is 184 g/mol. The molecule has 0 bridgehead atoms. The smallest absolute Gasteiger partial charge is 0.0496 e. The lowest BCUT2D eigenvalue weighted by atomic mass is 9.97. The highest BCUT2D eigenvalue weighted by molar-refractivity contribution is 5.40. The van der Waals surface area contributed by atoms with Crippen molar-refractivity contribution in [2.45, 2.75) is 12.8 Å². The zero-order chi connectivity index (χ0) is 10.7. The van der Waals surface area contributed by atoms with Gasteiger partial charge in [-0.25, -0.2) is 0 Å². The van der Waals surface area contributed by atoms with Gasteiger partial charge in [0.1, 0.15) is 0 Å². The summed E-state index contributed by atoms with van der Waals surface area (Å²) in [6.45, 7) is 2.14. The second-order valence-corrected chi connectivity index (χ2v) is 3.65. The van der Waals surface area contributed by atoms with Crippen molar-refractivity contribution >= 4 is 5.69 Å². The van der Waals surface area contributed by atoms with Gasteiger partial charge in [0.05, 0.1) is 0 Å². The highest BCUT2D eigenvalue weighted by atomic mass is 14.7. The molecule has 0 saturated carbocycles. The Hall–Kier alpha value is -1.83. The third-order valence-corrected chi connectivity index (χ3v) is 2.55. The SMILES string of the molecule is C[C@H](c1ccccc1)c1cc(N)ccn1. The van der Waals surface area contributed by atoms with Gasteiger partial charge in [0.15, 0.2) is 0 Å². The summed E-state index contributed by atoms with van der Waals surface area (Å²) in [5.41, 5.74) is 8.78. The van der Waals surface area contributed by atoms with E-state index in [-0.39, 0.29) is 5.92 Å². The first kappa shape index (κ1) is 9.71. The lowest BCUT2D eigenvalue weighted by molar-refractivity contribution is 0.872. The summed E-state index contributed by atoms with van der Waals surface area (Å²) in [4.78, 5) is 4.34. The molecular formula is C13H14N2. The predicted octanol–water partition coefficient (Wildman–Crippen LogP) is 2.82. The lowest BCUT2D eigenvalue weighted by Crippen LogP contribution is -1.99. The van der Waals surface area contributed by atoms with Crippen LogP contribution < -0.4 is 5.73 Å². The van der Waals surface area contributed by atoms with Gasteiger partial charge in [0.25, 0.3) is 0 Å². The van der Waals surface area contributed by atoms with Gasteiger partial charge in [-0.1, -0.05) is 37.3 Å². The van der Waals surface area contributed by atoms with Gasteiger partial charge in [0.2, 0.25) is 0 Å². The fourth-order valence-electron chi connectivity index (χ4n) is 1.61. The molecule has 0 unspecified atom stereocenters. The molecule has 0 amide bonds. The number of hydrogen-bond acceptors (Lipinski definition) is 2. The predicted molar refractivity (Wildman–Crippen MR) is 62.6 cm³/mol. The van der Waals surface area contributed by atoms with Crippen LogP contribution in [0.4, 0.5) is 5.69 Å². The zero-order valence-electron chi connectivity index (χ0n) is 8.72. The number of hydrogen-bond donors (Lipinski definition) is 1. The van der Waals surface area contributed by atoms with E-state index >= 15 is 0 Å². The van der Waals surface area contributed by atoms with Crippen LogP contribution in [0, 0.1) is 0 Å². The number of nitrogen functional groups attached to an aromatic ring is 1. The van der Waals surface area contributed by atoms with E-state index in [1.807, 2.05) is 24.3 Å². The lowest BCUT2D eigenvalue weighted by Gasteiger charge is -2.11. The van der Waals surface area contributed by atoms with Gasteiger partial charge in [-0.05, 0) is 17.7 Å². The fraction of sp³-hybridized carbons (Fsp3) is 0.154. The van der Waals surface area contributed by atoms with Crippen molar-refractivity contribution in [3.05, 3.63) is 59.9 Å². The maximum atomic E-state index is 5.73. The molecule has 0 saturated heterocycles. The molecule has 0 radical (unpaired) electrons. The molecule has 1 heterocycles. The molecule has 1 aromatic heterocycles. The Kier molecular flexibility index (Phi) is 2.68. The largest absolute Gasteiger partial charge is 0.399 e. The Morgan fingerprint density at radius 2 is 1.87 bits per heavy atom. The van der Waals surface area contributed by atoms with Crippen LogP contribution in [0.3, 0.4) is 0 Å². The molecule has 1 aromatic carbocycles. The van der Waals surface area contributed by atoms with Crippen molar-refractivity contribution in [1.82, 2.24) is 4.98 Å². The Bertz CT molecular complexity index is 437. The Balaban J connectivity index is 2.32. The van der Waals surface area contributed by atoms with Crippen molar-refractivity contribution in [3.8, 4) is 0 Å². The van der Waals surface area contributed by atoms with Crippen LogP contribution in [0.15, 0.2) is 48.7 Å². The van der Waals surface area contributed by atoms with E-state index in [0.717, 1.165) is 11.4 Å². The topological polar surface area (TPSA) is 38.9 Å². The average Bonchev–Trinajstić information content (AvgIpc) is 2.29. The van der Waals surface area contributed by atoms with Gasteiger partial charge in [0, 0.05) is 23.5 Å². The van der Waals surface area contributed by atoms with Crippen LogP contribution in [0.5, 0.6) is 0 Å². The number of nitrogens with two attached hydrogens (primary N) is 1. The molecule has 2 N–H and O–H groups in total. The molecule has 0 fully saturated rings. The quantitative estimate of drug-likeness (QED) is 0.805. The molecule has 15 heavy (non-hydrogen) atoms. The van der Waals surface area contributed by atoms with Gasteiger partial charge in [-0.2, -0.15) is 0 Å². The standard InChI is InChI=1S/C13H14N2/c1-10(11-5-3-2-4-6-11)13-9-12(14)7-8-15-13/h2-10H,1H3,(H2,14,15)/t10-/m1/s1. The van der Waals surface area contributed by atoms with E-state index in [1.165, 1.54) is 5.56 Å². The summed E-state index contributed by atoms with van der Waals surface area (Å²) in [6.07, 6.45) is 1.75. The highest BCUT2D eigenvalue weighted by Crippen LogP contribution is 2.22. The zero-order valence-corrected chi connectivity index (χ0v) is 8.72. The molecule has 0 aliphatic rings. The maximum Gasteiger partial charge on any atom is 0.0496 e. The third-order valence-electron chi connectivity index (χ3n) is 2.55. The Morgan fingerprint density at radius 1 is 1.13 bits per heavy atom. The second-order valence-electron chi connectivity index (χ2n) is 3.65. The van der Waals surface area contributed by atoms with E-state index < -0.39 is 0 Å². The monoisotopic (exact) mass is 198 g/mol.